The van der Waals surface area contributed by atoms with Crippen LogP contribution in [0.3, 0.4) is 0 Å². The van der Waals surface area contributed by atoms with Crippen LogP contribution in [0.4, 0.5) is 0 Å². The zero-order valence-corrected chi connectivity index (χ0v) is 14.3. The molecule has 0 aliphatic heterocycles. The number of hydrogen-bond donors (Lipinski definition) is 0. The maximum absolute atomic E-state index is 12.1. The minimum Gasteiger partial charge on any atom is -0.491 e. The molecule has 0 radical (unpaired) electrons. The third kappa shape index (κ3) is 4.24. The zero-order chi connectivity index (χ0) is 16.9. The summed E-state index contributed by atoms with van der Waals surface area (Å²) >= 11 is 6.12. The van der Waals surface area contributed by atoms with Crippen molar-refractivity contribution in [2.24, 2.45) is 4.40 Å². The van der Waals surface area contributed by atoms with Gasteiger partial charge in [-0.15, -0.1) is 0 Å². The van der Waals surface area contributed by atoms with Crippen molar-refractivity contribution < 1.29 is 17.9 Å². The summed E-state index contributed by atoms with van der Waals surface area (Å²) in [6, 6.07) is 11.2. The molecule has 7 heteroatoms. The minimum absolute atomic E-state index is 0.126. The number of ether oxygens (including phenoxy) is 2. The molecule has 0 amide bonds. The first kappa shape index (κ1) is 17.3. The van der Waals surface area contributed by atoms with E-state index in [1.807, 2.05) is 6.92 Å². The molecule has 0 N–H and O–H groups in total. The Morgan fingerprint density at radius 1 is 1.22 bits per heavy atom. The first-order chi connectivity index (χ1) is 11.0. The lowest BCUT2D eigenvalue weighted by atomic mass is 10.2. The minimum atomic E-state index is -3.76. The quantitative estimate of drug-likeness (QED) is 0.745. The number of halogens is 1. The highest BCUT2D eigenvalue weighted by Gasteiger charge is 2.13. The lowest BCUT2D eigenvalue weighted by molar-refractivity contribution is 0.311. The molecule has 2 rings (SSSR count). The Labute approximate surface area is 140 Å². The monoisotopic (exact) mass is 353 g/mol. The molecule has 0 bridgehead atoms. The Bertz CT molecular complexity index is 804. The maximum atomic E-state index is 12.1. The lowest BCUT2D eigenvalue weighted by Crippen LogP contribution is -1.99. The van der Waals surface area contributed by atoms with Crippen molar-refractivity contribution in [3.8, 4) is 11.5 Å². The van der Waals surface area contributed by atoms with E-state index in [0.29, 0.717) is 28.7 Å². The molecule has 5 nitrogen and oxygen atoms in total. The number of sulfonamides is 1. The number of nitrogens with zero attached hydrogens (tertiary/aromatic N) is 1. The predicted molar refractivity (Wildman–Crippen MR) is 90.4 cm³/mol. The van der Waals surface area contributed by atoms with Crippen LogP contribution in [0.2, 0.25) is 5.02 Å². The second-order valence-corrected chi connectivity index (χ2v) is 6.53. The first-order valence-corrected chi connectivity index (χ1v) is 8.65. The Morgan fingerprint density at radius 3 is 2.52 bits per heavy atom. The summed E-state index contributed by atoms with van der Waals surface area (Å²) in [5.41, 5.74) is 0.499. The molecule has 0 saturated heterocycles. The fourth-order valence-electron chi connectivity index (χ4n) is 1.91. The van der Waals surface area contributed by atoms with Gasteiger partial charge in [-0.1, -0.05) is 29.8 Å². The Morgan fingerprint density at radius 2 is 1.91 bits per heavy atom. The van der Waals surface area contributed by atoms with E-state index < -0.39 is 10.0 Å². The number of benzene rings is 2. The van der Waals surface area contributed by atoms with Crippen molar-refractivity contribution in [3.05, 3.63) is 53.1 Å². The van der Waals surface area contributed by atoms with Gasteiger partial charge in [0.2, 0.25) is 0 Å². The fraction of sp³-hybridized carbons (Fsp3) is 0.188. The summed E-state index contributed by atoms with van der Waals surface area (Å²) in [6.45, 7) is 2.25. The van der Waals surface area contributed by atoms with Gasteiger partial charge in [-0.2, -0.15) is 12.8 Å². The van der Waals surface area contributed by atoms with Crippen molar-refractivity contribution in [2.45, 2.75) is 11.8 Å². The van der Waals surface area contributed by atoms with Crippen LogP contribution in [-0.2, 0) is 10.0 Å². The molecule has 0 heterocycles. The summed E-state index contributed by atoms with van der Waals surface area (Å²) in [7, 11) is -2.27. The molecule has 0 saturated carbocycles. The van der Waals surface area contributed by atoms with E-state index in [4.69, 9.17) is 21.1 Å². The van der Waals surface area contributed by atoms with Gasteiger partial charge in [-0.25, -0.2) is 0 Å². The predicted octanol–water partition coefficient (Wildman–Crippen LogP) is 3.56. The first-order valence-electron chi connectivity index (χ1n) is 6.83. The number of hydrogen-bond acceptors (Lipinski definition) is 4. The summed E-state index contributed by atoms with van der Waals surface area (Å²) in [6.07, 6.45) is 1.23. The molecule has 23 heavy (non-hydrogen) atoms. The van der Waals surface area contributed by atoms with Gasteiger partial charge in [0.25, 0.3) is 10.0 Å². The smallest absolute Gasteiger partial charge is 0.282 e. The van der Waals surface area contributed by atoms with Crippen LogP contribution in [0, 0.1) is 0 Å². The average Bonchev–Trinajstić information content (AvgIpc) is 2.54. The van der Waals surface area contributed by atoms with Gasteiger partial charge in [-0.05, 0) is 36.8 Å². The standard InChI is InChI=1S/C16H16ClNO4S/c1-3-22-15-10-12(9-14(17)16(15)21-2)11-18-23(19,20)13-7-5-4-6-8-13/h4-11H,3H2,1-2H3/b18-11-. The van der Waals surface area contributed by atoms with Crippen molar-refractivity contribution in [1.82, 2.24) is 0 Å². The SMILES string of the molecule is CCOc1cc(/C=N\S(=O)(=O)c2ccccc2)cc(Cl)c1OC. The second-order valence-electron chi connectivity index (χ2n) is 4.49. The Balaban J connectivity index is 2.36. The van der Waals surface area contributed by atoms with Gasteiger partial charge in [0.05, 0.1) is 23.6 Å². The molecule has 0 aliphatic rings. The Hall–Kier alpha value is -2.05. The molecule has 0 aliphatic carbocycles. The maximum Gasteiger partial charge on any atom is 0.282 e. The van der Waals surface area contributed by atoms with Crippen LogP contribution in [0.15, 0.2) is 51.8 Å². The highest BCUT2D eigenvalue weighted by molar-refractivity contribution is 7.90. The van der Waals surface area contributed by atoms with E-state index in [2.05, 4.69) is 4.40 Å². The summed E-state index contributed by atoms with van der Waals surface area (Å²) < 4.78 is 38.6. The molecular formula is C16H16ClNO4S. The molecule has 0 aromatic heterocycles. The van der Waals surface area contributed by atoms with Gasteiger partial charge < -0.3 is 9.47 Å². The molecule has 0 fully saturated rings. The fourth-order valence-corrected chi connectivity index (χ4v) is 3.09. The Kier molecular flexibility index (Phi) is 5.63. The molecule has 0 atom stereocenters. The van der Waals surface area contributed by atoms with E-state index in [1.165, 1.54) is 25.5 Å². The van der Waals surface area contributed by atoms with E-state index in [0.717, 1.165) is 0 Å². The molecule has 2 aromatic carbocycles. The van der Waals surface area contributed by atoms with Gasteiger partial charge >= 0.3 is 0 Å². The largest absolute Gasteiger partial charge is 0.491 e. The number of rotatable bonds is 6. The third-order valence-corrected chi connectivity index (χ3v) is 4.45. The van der Waals surface area contributed by atoms with E-state index in [-0.39, 0.29) is 4.90 Å². The van der Waals surface area contributed by atoms with Crippen LogP contribution < -0.4 is 9.47 Å². The highest BCUT2D eigenvalue weighted by atomic mass is 35.5. The highest BCUT2D eigenvalue weighted by Crippen LogP contribution is 2.36. The second kappa shape index (κ2) is 7.48. The van der Waals surface area contributed by atoms with Crippen LogP contribution in [0.5, 0.6) is 11.5 Å². The van der Waals surface area contributed by atoms with E-state index >= 15 is 0 Å². The zero-order valence-electron chi connectivity index (χ0n) is 12.7. The summed E-state index contributed by atoms with van der Waals surface area (Å²) in [5.74, 6) is 0.831. The van der Waals surface area contributed by atoms with Crippen LogP contribution >= 0.6 is 11.6 Å². The van der Waals surface area contributed by atoms with Gasteiger partial charge in [0.1, 0.15) is 0 Å². The van der Waals surface area contributed by atoms with Crippen molar-refractivity contribution >= 4 is 27.8 Å². The van der Waals surface area contributed by atoms with Crippen LogP contribution in [0.1, 0.15) is 12.5 Å². The third-order valence-electron chi connectivity index (χ3n) is 2.92. The molecule has 0 spiro atoms. The van der Waals surface area contributed by atoms with Crippen molar-refractivity contribution in [2.75, 3.05) is 13.7 Å². The average molecular weight is 354 g/mol. The molecule has 122 valence electrons. The van der Waals surface area contributed by atoms with Gasteiger partial charge in [-0.3, -0.25) is 0 Å². The van der Waals surface area contributed by atoms with E-state index in [1.54, 1.807) is 30.3 Å². The van der Waals surface area contributed by atoms with Crippen molar-refractivity contribution in [3.63, 3.8) is 0 Å². The molecule has 0 unspecified atom stereocenters. The molecule has 2 aromatic rings. The van der Waals surface area contributed by atoms with Gasteiger partial charge in [0.15, 0.2) is 11.5 Å². The summed E-state index contributed by atoms with van der Waals surface area (Å²) in [5, 5.41) is 0.317. The summed E-state index contributed by atoms with van der Waals surface area (Å²) in [4.78, 5) is 0.126. The van der Waals surface area contributed by atoms with E-state index in [9.17, 15) is 8.42 Å². The normalized spacial score (nSPS) is 11.6. The lowest BCUT2D eigenvalue weighted by Gasteiger charge is -2.11. The van der Waals surface area contributed by atoms with Crippen LogP contribution in [-0.4, -0.2) is 28.3 Å². The van der Waals surface area contributed by atoms with Gasteiger partial charge in [0, 0.05) is 6.21 Å². The number of methoxy groups -OCH3 is 1. The topological polar surface area (TPSA) is 65.0 Å². The molecular weight excluding hydrogens is 338 g/mol. The van der Waals surface area contributed by atoms with Crippen LogP contribution in [0.25, 0.3) is 0 Å². The van der Waals surface area contributed by atoms with Crippen molar-refractivity contribution in [1.29, 1.82) is 0 Å².